The minimum Gasteiger partial charge on any atom is -0.368 e. The zero-order valence-electron chi connectivity index (χ0n) is 10.7. The number of carbonyl (C=O) groups is 1. The molecular weight excluding hydrogens is 289 g/mol. The van der Waals surface area contributed by atoms with E-state index in [0.29, 0.717) is 31.9 Å². The van der Waals surface area contributed by atoms with Crippen LogP contribution >= 0.6 is 12.6 Å². The van der Waals surface area contributed by atoms with Gasteiger partial charge in [-0.05, 0) is 18.2 Å². The highest BCUT2D eigenvalue weighted by molar-refractivity contribution is 7.81. The maximum absolute atomic E-state index is 12.7. The number of hydrogen-bond donors (Lipinski definition) is 1. The van der Waals surface area contributed by atoms with Crippen molar-refractivity contribution in [3.05, 3.63) is 29.8 Å². The van der Waals surface area contributed by atoms with Crippen molar-refractivity contribution in [1.29, 1.82) is 0 Å². The van der Waals surface area contributed by atoms with Gasteiger partial charge in [-0.2, -0.15) is 25.8 Å². The lowest BCUT2D eigenvalue weighted by Gasteiger charge is -2.36. The topological polar surface area (TPSA) is 23.6 Å². The number of alkyl halides is 3. The van der Waals surface area contributed by atoms with Gasteiger partial charge in [0, 0.05) is 31.9 Å². The quantitative estimate of drug-likeness (QED) is 0.848. The van der Waals surface area contributed by atoms with Crippen molar-refractivity contribution in [2.24, 2.45) is 0 Å². The van der Waals surface area contributed by atoms with Crippen LogP contribution < -0.4 is 4.90 Å². The summed E-state index contributed by atoms with van der Waals surface area (Å²) in [5, 5.41) is 0. The standard InChI is InChI=1S/C13H15F3N2OS/c14-13(15,16)10-2-1-3-11(8-10)17-4-6-18(7-5-17)12(19)9-20/h1-3,8,20H,4-7,9H2. The van der Waals surface area contributed by atoms with E-state index in [9.17, 15) is 18.0 Å². The van der Waals surface area contributed by atoms with Crippen LogP contribution in [-0.2, 0) is 11.0 Å². The van der Waals surface area contributed by atoms with E-state index in [1.807, 2.05) is 4.90 Å². The van der Waals surface area contributed by atoms with Crippen molar-refractivity contribution in [1.82, 2.24) is 4.90 Å². The number of amides is 1. The van der Waals surface area contributed by atoms with Crippen LogP contribution in [0.25, 0.3) is 0 Å². The van der Waals surface area contributed by atoms with Crippen molar-refractivity contribution in [2.75, 3.05) is 36.8 Å². The molecule has 1 aliphatic rings. The molecule has 1 amide bonds. The molecule has 0 radical (unpaired) electrons. The van der Waals surface area contributed by atoms with E-state index in [4.69, 9.17) is 0 Å². The number of benzene rings is 1. The van der Waals surface area contributed by atoms with Crippen LogP contribution in [0.3, 0.4) is 0 Å². The van der Waals surface area contributed by atoms with E-state index in [1.165, 1.54) is 6.07 Å². The maximum atomic E-state index is 12.7. The van der Waals surface area contributed by atoms with E-state index in [0.717, 1.165) is 12.1 Å². The molecule has 2 rings (SSSR count). The third kappa shape index (κ3) is 3.39. The van der Waals surface area contributed by atoms with E-state index < -0.39 is 11.7 Å². The van der Waals surface area contributed by atoms with E-state index >= 15 is 0 Å². The lowest BCUT2D eigenvalue weighted by molar-refractivity contribution is -0.137. The van der Waals surface area contributed by atoms with Crippen molar-refractivity contribution >= 4 is 24.2 Å². The summed E-state index contributed by atoms with van der Waals surface area (Å²) in [5.41, 5.74) is -0.110. The third-order valence-electron chi connectivity index (χ3n) is 3.31. The highest BCUT2D eigenvalue weighted by atomic mass is 32.1. The first kappa shape index (κ1) is 15.0. The molecule has 0 N–H and O–H groups in total. The van der Waals surface area contributed by atoms with Crippen LogP contribution in [0, 0.1) is 0 Å². The number of hydrogen-bond acceptors (Lipinski definition) is 3. The normalized spacial score (nSPS) is 16.4. The van der Waals surface area contributed by atoms with E-state index in [2.05, 4.69) is 12.6 Å². The summed E-state index contributed by atoms with van der Waals surface area (Å²) in [6.45, 7) is 2.08. The van der Waals surface area contributed by atoms with Crippen LogP contribution in [-0.4, -0.2) is 42.7 Å². The first-order valence-corrected chi connectivity index (χ1v) is 6.86. The molecule has 110 valence electrons. The van der Waals surface area contributed by atoms with Gasteiger partial charge >= 0.3 is 6.18 Å². The van der Waals surface area contributed by atoms with Gasteiger partial charge in [0.05, 0.1) is 11.3 Å². The zero-order chi connectivity index (χ0) is 14.8. The van der Waals surface area contributed by atoms with Crippen LogP contribution in [0.15, 0.2) is 24.3 Å². The molecule has 7 heteroatoms. The molecule has 0 spiro atoms. The summed E-state index contributed by atoms with van der Waals surface area (Å²) >= 11 is 3.93. The largest absolute Gasteiger partial charge is 0.416 e. The van der Waals surface area contributed by atoms with Crippen molar-refractivity contribution in [3.8, 4) is 0 Å². The Kier molecular flexibility index (Phi) is 4.47. The minimum absolute atomic E-state index is 0.0444. The molecule has 1 aromatic rings. The zero-order valence-corrected chi connectivity index (χ0v) is 11.6. The fourth-order valence-electron chi connectivity index (χ4n) is 2.19. The molecule has 0 saturated carbocycles. The first-order chi connectivity index (χ1) is 9.41. The summed E-state index contributed by atoms with van der Waals surface area (Å²) < 4.78 is 38.0. The SMILES string of the molecule is O=C(CS)N1CCN(c2cccc(C(F)(F)F)c2)CC1. The van der Waals surface area contributed by atoms with E-state index in [-0.39, 0.29) is 11.7 Å². The lowest BCUT2D eigenvalue weighted by atomic mass is 10.1. The summed E-state index contributed by atoms with van der Waals surface area (Å²) in [5.74, 6) is 0.112. The summed E-state index contributed by atoms with van der Waals surface area (Å²) in [7, 11) is 0. The van der Waals surface area contributed by atoms with Crippen LogP contribution in [0.1, 0.15) is 5.56 Å². The highest BCUT2D eigenvalue weighted by Gasteiger charge is 2.31. The number of nitrogens with zero attached hydrogens (tertiary/aromatic N) is 2. The molecular formula is C13H15F3N2OS. The number of thiol groups is 1. The molecule has 1 aliphatic heterocycles. The van der Waals surface area contributed by atoms with Gasteiger partial charge in [0.1, 0.15) is 0 Å². The van der Waals surface area contributed by atoms with Gasteiger partial charge in [-0.3, -0.25) is 4.79 Å². The number of carbonyl (C=O) groups excluding carboxylic acids is 1. The predicted octanol–water partition coefficient (Wildman–Crippen LogP) is 2.28. The summed E-state index contributed by atoms with van der Waals surface area (Å²) in [6.07, 6.45) is -4.33. The number of anilines is 1. The molecule has 3 nitrogen and oxygen atoms in total. The molecule has 1 aromatic carbocycles. The Labute approximate surface area is 120 Å². The molecule has 0 atom stereocenters. The number of halogens is 3. The van der Waals surface area contributed by atoms with Crippen LogP contribution in [0.5, 0.6) is 0 Å². The van der Waals surface area contributed by atoms with Gasteiger partial charge in [-0.1, -0.05) is 6.07 Å². The van der Waals surface area contributed by atoms with E-state index in [1.54, 1.807) is 11.0 Å². The Balaban J connectivity index is 2.06. The Bertz CT molecular complexity index is 485. The fraction of sp³-hybridized carbons (Fsp3) is 0.462. The highest BCUT2D eigenvalue weighted by Crippen LogP contribution is 2.31. The van der Waals surface area contributed by atoms with Gasteiger partial charge in [0.25, 0.3) is 0 Å². The minimum atomic E-state index is -4.33. The van der Waals surface area contributed by atoms with Gasteiger partial charge in [-0.25, -0.2) is 0 Å². The van der Waals surface area contributed by atoms with Crippen LogP contribution in [0.4, 0.5) is 18.9 Å². The monoisotopic (exact) mass is 304 g/mol. The average Bonchev–Trinajstić information content (AvgIpc) is 2.46. The number of rotatable bonds is 2. The Morgan fingerprint density at radius 2 is 1.85 bits per heavy atom. The molecule has 0 aromatic heterocycles. The first-order valence-electron chi connectivity index (χ1n) is 6.22. The van der Waals surface area contributed by atoms with Gasteiger partial charge in [-0.15, -0.1) is 0 Å². The molecule has 0 unspecified atom stereocenters. The fourth-order valence-corrected chi connectivity index (χ4v) is 2.39. The Hall–Kier alpha value is -1.37. The smallest absolute Gasteiger partial charge is 0.368 e. The maximum Gasteiger partial charge on any atom is 0.416 e. The van der Waals surface area contributed by atoms with Crippen LogP contribution in [0.2, 0.25) is 0 Å². The average molecular weight is 304 g/mol. The molecule has 1 saturated heterocycles. The van der Waals surface area contributed by atoms with Crippen molar-refractivity contribution < 1.29 is 18.0 Å². The van der Waals surface area contributed by atoms with Crippen molar-refractivity contribution in [2.45, 2.75) is 6.18 Å². The molecule has 1 fully saturated rings. The van der Waals surface area contributed by atoms with Crippen molar-refractivity contribution in [3.63, 3.8) is 0 Å². The third-order valence-corrected chi connectivity index (χ3v) is 3.58. The number of piperazine rings is 1. The van der Waals surface area contributed by atoms with Gasteiger partial charge < -0.3 is 9.80 Å². The Morgan fingerprint density at radius 1 is 1.20 bits per heavy atom. The summed E-state index contributed by atoms with van der Waals surface area (Å²) in [6, 6.07) is 5.27. The predicted molar refractivity (Wildman–Crippen MR) is 74.1 cm³/mol. The molecule has 1 heterocycles. The Morgan fingerprint density at radius 3 is 2.40 bits per heavy atom. The molecule has 0 bridgehead atoms. The second-order valence-electron chi connectivity index (χ2n) is 4.57. The van der Waals surface area contributed by atoms with Gasteiger partial charge in [0.15, 0.2) is 0 Å². The second kappa shape index (κ2) is 5.95. The molecule has 0 aliphatic carbocycles. The molecule has 20 heavy (non-hydrogen) atoms. The summed E-state index contributed by atoms with van der Waals surface area (Å²) in [4.78, 5) is 15.0. The lowest BCUT2D eigenvalue weighted by Crippen LogP contribution is -2.49. The van der Waals surface area contributed by atoms with Gasteiger partial charge in [0.2, 0.25) is 5.91 Å². The second-order valence-corrected chi connectivity index (χ2v) is 4.89.